The van der Waals surface area contributed by atoms with Gasteiger partial charge in [0.25, 0.3) is 0 Å². The van der Waals surface area contributed by atoms with E-state index < -0.39 is 0 Å². The molecule has 1 heterocycles. The Bertz CT molecular complexity index is 212. The second-order valence-corrected chi connectivity index (χ2v) is 5.51. The molecule has 2 aliphatic rings. The summed E-state index contributed by atoms with van der Waals surface area (Å²) in [5.74, 6) is 0.877. The summed E-state index contributed by atoms with van der Waals surface area (Å²) in [7, 11) is 1.09. The van der Waals surface area contributed by atoms with Gasteiger partial charge >= 0.3 is 0 Å². The zero-order valence-corrected chi connectivity index (χ0v) is 12.5. The van der Waals surface area contributed by atoms with Gasteiger partial charge in [0.1, 0.15) is 0 Å². The molecule has 4 unspecified atom stereocenters. The Kier molecular flexibility index (Phi) is 4.82. The maximum Gasteiger partial charge on any atom is 0.154 e. The van der Waals surface area contributed by atoms with Crippen molar-refractivity contribution in [2.24, 2.45) is 5.92 Å². The smallest absolute Gasteiger partial charge is 0.154 e. The highest BCUT2D eigenvalue weighted by Crippen LogP contribution is 2.40. The standard InChI is InChI=1S/C12H24O3Si/c1-9(14-8-16)13-6-2-3-10-4-5-11-12(7-10)15-11/h9-12H,2-8H2,1,16H3. The molecule has 4 heteroatoms. The lowest BCUT2D eigenvalue weighted by molar-refractivity contribution is -0.118. The third kappa shape index (κ3) is 3.84. The number of ether oxygens (including phenoxy) is 3. The van der Waals surface area contributed by atoms with E-state index in [1.807, 2.05) is 6.92 Å². The van der Waals surface area contributed by atoms with E-state index in [0.717, 1.165) is 35.4 Å². The summed E-state index contributed by atoms with van der Waals surface area (Å²) in [5, 5.41) is 0. The van der Waals surface area contributed by atoms with Gasteiger partial charge in [-0.25, -0.2) is 0 Å². The monoisotopic (exact) mass is 244 g/mol. The summed E-state index contributed by atoms with van der Waals surface area (Å²) < 4.78 is 16.5. The molecular weight excluding hydrogens is 220 g/mol. The molecule has 16 heavy (non-hydrogen) atoms. The van der Waals surface area contributed by atoms with Crippen LogP contribution in [0, 0.1) is 5.92 Å². The van der Waals surface area contributed by atoms with Crippen molar-refractivity contribution < 1.29 is 14.2 Å². The molecule has 1 saturated heterocycles. The van der Waals surface area contributed by atoms with Gasteiger partial charge in [-0.2, -0.15) is 0 Å². The van der Waals surface area contributed by atoms with Gasteiger partial charge in [-0.3, -0.25) is 0 Å². The summed E-state index contributed by atoms with van der Waals surface area (Å²) in [6.07, 6.45) is 8.49. The third-order valence-corrected chi connectivity index (χ3v) is 3.96. The van der Waals surface area contributed by atoms with Crippen LogP contribution in [-0.4, -0.2) is 41.6 Å². The molecule has 2 rings (SSSR count). The molecule has 0 aromatic rings. The molecule has 0 aromatic heterocycles. The van der Waals surface area contributed by atoms with E-state index in [-0.39, 0.29) is 6.29 Å². The SMILES string of the molecule is CC(OC[SiH3])OCCCC1CCC2OC2C1. The fourth-order valence-electron chi connectivity index (χ4n) is 2.65. The Morgan fingerprint density at radius 1 is 1.31 bits per heavy atom. The first kappa shape index (κ1) is 12.6. The van der Waals surface area contributed by atoms with Crippen molar-refractivity contribution in [2.75, 3.05) is 12.8 Å². The Morgan fingerprint density at radius 2 is 2.19 bits per heavy atom. The lowest BCUT2D eigenvalue weighted by Crippen LogP contribution is -2.17. The average molecular weight is 244 g/mol. The summed E-state index contributed by atoms with van der Waals surface area (Å²) in [6.45, 7) is 2.83. The third-order valence-electron chi connectivity index (χ3n) is 3.62. The van der Waals surface area contributed by atoms with Crippen molar-refractivity contribution in [3.63, 3.8) is 0 Å². The maximum absolute atomic E-state index is 5.58. The van der Waals surface area contributed by atoms with Gasteiger partial charge in [0, 0.05) is 23.1 Å². The van der Waals surface area contributed by atoms with Crippen molar-refractivity contribution in [1.29, 1.82) is 0 Å². The molecule has 2 fully saturated rings. The molecule has 0 aromatic carbocycles. The Hall–Kier alpha value is 0.0969. The summed E-state index contributed by atoms with van der Waals surface area (Å²) in [4.78, 5) is 0. The molecule has 94 valence electrons. The highest BCUT2D eigenvalue weighted by Gasteiger charge is 2.43. The first-order chi connectivity index (χ1) is 7.79. The Balaban J connectivity index is 1.48. The number of hydrogen-bond acceptors (Lipinski definition) is 3. The maximum atomic E-state index is 5.58. The highest BCUT2D eigenvalue weighted by atomic mass is 28.1. The topological polar surface area (TPSA) is 31.0 Å². The minimum atomic E-state index is -0.0139. The van der Waals surface area contributed by atoms with Crippen molar-refractivity contribution >= 4 is 10.2 Å². The minimum absolute atomic E-state index is 0.0139. The molecule has 3 nitrogen and oxygen atoms in total. The summed E-state index contributed by atoms with van der Waals surface area (Å²) >= 11 is 0. The fraction of sp³-hybridized carbons (Fsp3) is 1.00. The van der Waals surface area contributed by atoms with Crippen LogP contribution in [0.25, 0.3) is 0 Å². The van der Waals surface area contributed by atoms with E-state index in [9.17, 15) is 0 Å². The molecule has 1 aliphatic heterocycles. The van der Waals surface area contributed by atoms with E-state index >= 15 is 0 Å². The molecule has 0 spiro atoms. The van der Waals surface area contributed by atoms with Crippen LogP contribution >= 0.6 is 0 Å². The Morgan fingerprint density at radius 3 is 2.94 bits per heavy atom. The van der Waals surface area contributed by atoms with Crippen LogP contribution in [0.2, 0.25) is 0 Å². The first-order valence-electron chi connectivity index (χ1n) is 6.68. The van der Waals surface area contributed by atoms with Crippen molar-refractivity contribution in [3.05, 3.63) is 0 Å². The second-order valence-electron chi connectivity index (χ2n) is 4.93. The van der Waals surface area contributed by atoms with E-state index in [1.165, 1.54) is 25.7 Å². The largest absolute Gasteiger partial charge is 0.370 e. The highest BCUT2D eigenvalue weighted by molar-refractivity contribution is 6.08. The molecule has 0 radical (unpaired) electrons. The zero-order valence-electron chi connectivity index (χ0n) is 10.5. The van der Waals surface area contributed by atoms with E-state index in [1.54, 1.807) is 0 Å². The van der Waals surface area contributed by atoms with Gasteiger partial charge < -0.3 is 14.2 Å². The van der Waals surface area contributed by atoms with Gasteiger partial charge in [-0.05, 0) is 44.9 Å². The molecule has 0 N–H and O–H groups in total. The lowest BCUT2D eigenvalue weighted by Gasteiger charge is -2.19. The van der Waals surface area contributed by atoms with Gasteiger partial charge in [-0.1, -0.05) is 0 Å². The quantitative estimate of drug-likeness (QED) is 0.290. The van der Waals surface area contributed by atoms with Gasteiger partial charge in [-0.15, -0.1) is 0 Å². The normalized spacial score (nSPS) is 34.7. The van der Waals surface area contributed by atoms with Crippen LogP contribution in [0.1, 0.15) is 39.0 Å². The molecule has 1 aliphatic carbocycles. The number of hydrogen-bond donors (Lipinski definition) is 0. The molecular formula is C12H24O3Si. The van der Waals surface area contributed by atoms with E-state index in [0.29, 0.717) is 12.2 Å². The first-order valence-corrected chi connectivity index (χ1v) is 8.09. The zero-order chi connectivity index (χ0) is 11.4. The minimum Gasteiger partial charge on any atom is -0.370 e. The van der Waals surface area contributed by atoms with Crippen LogP contribution < -0.4 is 0 Å². The average Bonchev–Trinajstić information content (AvgIpc) is 3.03. The molecule has 0 bridgehead atoms. The molecule has 0 amide bonds. The van der Waals surface area contributed by atoms with Crippen LogP contribution in [0.15, 0.2) is 0 Å². The van der Waals surface area contributed by atoms with Crippen molar-refractivity contribution in [3.8, 4) is 0 Å². The number of fused-ring (bicyclic) bond motifs is 1. The van der Waals surface area contributed by atoms with Crippen molar-refractivity contribution in [1.82, 2.24) is 0 Å². The van der Waals surface area contributed by atoms with Crippen LogP contribution in [0.3, 0.4) is 0 Å². The van der Waals surface area contributed by atoms with Gasteiger partial charge in [0.15, 0.2) is 6.29 Å². The van der Waals surface area contributed by atoms with Crippen molar-refractivity contribution in [2.45, 2.75) is 57.5 Å². The van der Waals surface area contributed by atoms with Crippen LogP contribution in [0.4, 0.5) is 0 Å². The lowest BCUT2D eigenvalue weighted by atomic mass is 9.86. The number of rotatable bonds is 7. The predicted molar refractivity (Wildman–Crippen MR) is 66.5 cm³/mol. The predicted octanol–water partition coefficient (Wildman–Crippen LogP) is 1.04. The van der Waals surface area contributed by atoms with E-state index in [2.05, 4.69) is 0 Å². The molecule has 4 atom stereocenters. The summed E-state index contributed by atoms with van der Waals surface area (Å²) in [5.41, 5.74) is 0. The van der Waals surface area contributed by atoms with Gasteiger partial charge in [0.05, 0.1) is 12.2 Å². The van der Waals surface area contributed by atoms with Gasteiger partial charge in [0.2, 0.25) is 0 Å². The van der Waals surface area contributed by atoms with E-state index in [4.69, 9.17) is 14.2 Å². The van der Waals surface area contributed by atoms with Crippen LogP contribution in [-0.2, 0) is 14.2 Å². The second kappa shape index (κ2) is 6.14. The summed E-state index contributed by atoms with van der Waals surface area (Å²) in [6, 6.07) is 0. The fourth-order valence-corrected chi connectivity index (χ4v) is 3.12. The molecule has 1 saturated carbocycles. The number of epoxide rings is 1. The Labute approximate surface area is 101 Å². The van der Waals surface area contributed by atoms with Crippen LogP contribution in [0.5, 0.6) is 0 Å².